The van der Waals surface area contributed by atoms with E-state index < -0.39 is 18.0 Å². The lowest BCUT2D eigenvalue weighted by Crippen LogP contribution is -2.30. The lowest BCUT2D eigenvalue weighted by atomic mass is 10.1. The van der Waals surface area contributed by atoms with Gasteiger partial charge in [0, 0.05) is 24.0 Å². The van der Waals surface area contributed by atoms with Crippen molar-refractivity contribution in [2.24, 2.45) is 0 Å². The molecular weight excluding hydrogens is 336 g/mol. The maximum atomic E-state index is 12.4. The second-order valence-corrected chi connectivity index (χ2v) is 5.46. The van der Waals surface area contributed by atoms with Gasteiger partial charge < -0.3 is 25.2 Å². The van der Waals surface area contributed by atoms with Gasteiger partial charge in [-0.2, -0.15) is 0 Å². The first-order valence-corrected chi connectivity index (χ1v) is 8.14. The molecule has 3 N–H and O–H groups in total. The summed E-state index contributed by atoms with van der Waals surface area (Å²) < 4.78 is 10.4. The average Bonchev–Trinajstić information content (AvgIpc) is 2.66. The van der Waals surface area contributed by atoms with Crippen molar-refractivity contribution in [3.63, 3.8) is 0 Å². The van der Waals surface area contributed by atoms with Crippen molar-refractivity contribution in [1.82, 2.24) is 0 Å². The molecule has 26 heavy (non-hydrogen) atoms. The molecule has 1 atom stereocenters. The van der Waals surface area contributed by atoms with E-state index in [1.165, 1.54) is 14.0 Å². The molecule has 0 aliphatic rings. The number of benzene rings is 2. The van der Waals surface area contributed by atoms with E-state index in [0.717, 1.165) is 0 Å². The number of aliphatic hydroxyl groups is 1. The zero-order chi connectivity index (χ0) is 18.9. The third-order valence-electron chi connectivity index (χ3n) is 3.56. The van der Waals surface area contributed by atoms with Crippen LogP contribution in [0.25, 0.3) is 0 Å². The van der Waals surface area contributed by atoms with Crippen LogP contribution >= 0.6 is 0 Å². The van der Waals surface area contributed by atoms with E-state index in [4.69, 9.17) is 14.6 Å². The molecule has 0 unspecified atom stereocenters. The number of aliphatic hydroxyl groups excluding tert-OH is 1. The summed E-state index contributed by atoms with van der Waals surface area (Å²) in [5.74, 6) is -0.469. The van der Waals surface area contributed by atoms with Crippen LogP contribution in [-0.4, -0.2) is 43.3 Å². The number of nitrogens with one attached hydrogen (secondary N) is 2. The molecule has 2 rings (SSSR count). The first kappa shape index (κ1) is 19.3. The van der Waals surface area contributed by atoms with Crippen LogP contribution in [0, 0.1) is 0 Å². The largest absolute Gasteiger partial charge is 0.497 e. The lowest BCUT2D eigenvalue weighted by molar-refractivity contribution is -0.123. The van der Waals surface area contributed by atoms with Crippen LogP contribution < -0.4 is 15.4 Å². The maximum Gasteiger partial charge on any atom is 0.341 e. The SMILES string of the molecule is COc1cccc(NC(=O)[C@H](C)OC(=O)c2ccccc2NCCO)c1. The number of anilines is 2. The van der Waals surface area contributed by atoms with Gasteiger partial charge >= 0.3 is 5.97 Å². The predicted octanol–water partition coefficient (Wildman–Crippen LogP) is 2.28. The number of carbonyl (C=O) groups excluding carboxylic acids is 2. The van der Waals surface area contributed by atoms with Crippen molar-refractivity contribution in [3.8, 4) is 5.75 Å². The molecule has 138 valence electrons. The quantitative estimate of drug-likeness (QED) is 0.627. The molecule has 0 saturated heterocycles. The average molecular weight is 358 g/mol. The highest BCUT2D eigenvalue weighted by Gasteiger charge is 2.21. The summed E-state index contributed by atoms with van der Waals surface area (Å²) in [6, 6.07) is 13.6. The lowest BCUT2D eigenvalue weighted by Gasteiger charge is -2.16. The maximum absolute atomic E-state index is 12.4. The van der Waals surface area contributed by atoms with Gasteiger partial charge in [0.05, 0.1) is 19.3 Å². The highest BCUT2D eigenvalue weighted by molar-refractivity contribution is 5.99. The molecule has 1 amide bonds. The minimum Gasteiger partial charge on any atom is -0.497 e. The Kier molecular flexibility index (Phi) is 6.99. The standard InChI is InChI=1S/C19H22N2O5/c1-13(18(23)21-14-6-5-7-15(12-14)25-2)26-19(24)16-8-3-4-9-17(16)20-10-11-22/h3-9,12-13,20,22H,10-11H2,1-2H3,(H,21,23)/t13-/m0/s1. The van der Waals surface area contributed by atoms with Crippen molar-refractivity contribution < 1.29 is 24.2 Å². The van der Waals surface area contributed by atoms with E-state index in [2.05, 4.69) is 10.6 Å². The fourth-order valence-electron chi connectivity index (χ4n) is 2.23. The summed E-state index contributed by atoms with van der Waals surface area (Å²) in [5.41, 5.74) is 1.37. The minimum atomic E-state index is -0.986. The normalized spacial score (nSPS) is 11.3. The number of ether oxygens (including phenoxy) is 2. The Labute approximate surface area is 151 Å². The van der Waals surface area contributed by atoms with Crippen LogP contribution in [0.4, 0.5) is 11.4 Å². The minimum absolute atomic E-state index is 0.0667. The van der Waals surface area contributed by atoms with E-state index in [-0.39, 0.29) is 6.61 Å². The fraction of sp³-hybridized carbons (Fsp3) is 0.263. The Morgan fingerprint density at radius 1 is 1.15 bits per heavy atom. The summed E-state index contributed by atoms with van der Waals surface area (Å²) in [7, 11) is 1.54. The van der Waals surface area contributed by atoms with Gasteiger partial charge in [0.25, 0.3) is 5.91 Å². The smallest absolute Gasteiger partial charge is 0.341 e. The van der Waals surface area contributed by atoms with Crippen molar-refractivity contribution in [1.29, 1.82) is 0 Å². The van der Waals surface area contributed by atoms with Crippen molar-refractivity contribution in [2.75, 3.05) is 30.9 Å². The van der Waals surface area contributed by atoms with E-state index in [0.29, 0.717) is 29.2 Å². The van der Waals surface area contributed by atoms with E-state index >= 15 is 0 Å². The van der Waals surface area contributed by atoms with Gasteiger partial charge in [0.1, 0.15) is 5.75 Å². The van der Waals surface area contributed by atoms with Crippen molar-refractivity contribution in [3.05, 3.63) is 54.1 Å². The van der Waals surface area contributed by atoms with Crippen molar-refractivity contribution in [2.45, 2.75) is 13.0 Å². The Balaban J connectivity index is 2.01. The predicted molar refractivity (Wildman–Crippen MR) is 98.5 cm³/mol. The second-order valence-electron chi connectivity index (χ2n) is 5.46. The highest BCUT2D eigenvalue weighted by atomic mass is 16.5. The van der Waals surface area contributed by atoms with E-state index in [9.17, 15) is 9.59 Å². The van der Waals surface area contributed by atoms with E-state index in [1.807, 2.05) is 0 Å². The summed E-state index contributed by atoms with van der Waals surface area (Å²) in [4.78, 5) is 24.6. The summed E-state index contributed by atoms with van der Waals surface area (Å²) in [6.45, 7) is 1.73. The molecule has 0 radical (unpaired) electrons. The zero-order valence-corrected chi connectivity index (χ0v) is 14.7. The molecule has 0 aliphatic carbocycles. The Morgan fingerprint density at radius 2 is 1.92 bits per heavy atom. The first-order valence-electron chi connectivity index (χ1n) is 8.14. The molecule has 0 saturated carbocycles. The number of amides is 1. The van der Waals surface area contributed by atoms with Crippen LogP contribution in [-0.2, 0) is 9.53 Å². The summed E-state index contributed by atoms with van der Waals surface area (Å²) >= 11 is 0. The third-order valence-corrected chi connectivity index (χ3v) is 3.56. The number of esters is 1. The number of methoxy groups -OCH3 is 1. The van der Waals surface area contributed by atoms with E-state index in [1.54, 1.807) is 48.5 Å². The fourth-order valence-corrected chi connectivity index (χ4v) is 2.23. The Hall–Kier alpha value is -3.06. The van der Waals surface area contributed by atoms with Gasteiger partial charge in [0.2, 0.25) is 0 Å². The monoisotopic (exact) mass is 358 g/mol. The van der Waals surface area contributed by atoms with Gasteiger partial charge in [-0.15, -0.1) is 0 Å². The summed E-state index contributed by atoms with van der Waals surface area (Å²) in [5, 5.41) is 14.5. The first-order chi connectivity index (χ1) is 12.5. The van der Waals surface area contributed by atoms with Crippen LogP contribution in [0.1, 0.15) is 17.3 Å². The molecule has 0 bridgehead atoms. The van der Waals surface area contributed by atoms with Crippen LogP contribution in [0.5, 0.6) is 5.75 Å². The molecule has 2 aromatic carbocycles. The van der Waals surface area contributed by atoms with Crippen LogP contribution in [0.15, 0.2) is 48.5 Å². The molecule has 0 heterocycles. The number of carbonyl (C=O) groups is 2. The molecule has 7 heteroatoms. The Bertz CT molecular complexity index is 763. The zero-order valence-electron chi connectivity index (χ0n) is 14.7. The van der Waals surface area contributed by atoms with Gasteiger partial charge in [-0.3, -0.25) is 4.79 Å². The van der Waals surface area contributed by atoms with Crippen LogP contribution in [0.2, 0.25) is 0 Å². The van der Waals surface area contributed by atoms with Gasteiger partial charge in [-0.1, -0.05) is 18.2 Å². The third kappa shape index (κ3) is 5.22. The van der Waals surface area contributed by atoms with Crippen LogP contribution in [0.3, 0.4) is 0 Å². The Morgan fingerprint density at radius 3 is 2.65 bits per heavy atom. The number of hydrogen-bond acceptors (Lipinski definition) is 6. The number of para-hydroxylation sites is 1. The summed E-state index contributed by atoms with van der Waals surface area (Å²) in [6.07, 6.45) is -0.986. The molecule has 0 aromatic heterocycles. The number of hydrogen-bond donors (Lipinski definition) is 3. The molecule has 0 fully saturated rings. The molecular formula is C19H22N2O5. The topological polar surface area (TPSA) is 96.9 Å². The van der Waals surface area contributed by atoms with Gasteiger partial charge in [-0.05, 0) is 31.2 Å². The molecule has 0 spiro atoms. The highest BCUT2D eigenvalue weighted by Crippen LogP contribution is 2.19. The number of rotatable bonds is 8. The molecule has 2 aromatic rings. The molecule has 7 nitrogen and oxygen atoms in total. The van der Waals surface area contributed by atoms with Gasteiger partial charge in [0.15, 0.2) is 6.10 Å². The van der Waals surface area contributed by atoms with Gasteiger partial charge in [-0.25, -0.2) is 4.79 Å². The van der Waals surface area contributed by atoms with Crippen molar-refractivity contribution >= 4 is 23.3 Å². The second kappa shape index (κ2) is 9.43. The molecule has 0 aliphatic heterocycles.